The van der Waals surface area contributed by atoms with Crippen molar-refractivity contribution in [1.82, 2.24) is 15.5 Å². The first kappa shape index (κ1) is 45.0. The van der Waals surface area contributed by atoms with Gasteiger partial charge in [0.2, 0.25) is 24.0 Å². The lowest BCUT2D eigenvalue weighted by atomic mass is 9.95. The molecule has 8 atom stereocenters. The molecule has 17 nitrogen and oxygen atoms in total. The molecule has 17 heteroatoms. The molecule has 1 saturated heterocycles. The fraction of sp³-hybridized carbons (Fsp3) is 0.513. The van der Waals surface area contributed by atoms with Crippen molar-refractivity contribution in [1.29, 1.82) is 0 Å². The SMILES string of the molecule is CN[C@@H](C)C(=O)N(CC(C)O[C@@H]1[C@@H](NC(C)=O)[C@@H](OC(C)=O)O[C@H](COC(C)=O)[C@H]1OC(C)=O)[C@H](CCC(=O)OC(c1ccccc1)c1ccccc1)C(N)=O. The Morgan fingerprint density at radius 1 is 0.821 bits per heavy atom. The van der Waals surface area contributed by atoms with E-state index in [0.717, 1.165) is 31.9 Å². The van der Waals surface area contributed by atoms with Gasteiger partial charge in [0, 0.05) is 40.7 Å². The number of carbonyl (C=O) groups excluding carboxylic acids is 7. The summed E-state index contributed by atoms with van der Waals surface area (Å²) in [4.78, 5) is 90.1. The van der Waals surface area contributed by atoms with E-state index < -0.39 is 103 Å². The van der Waals surface area contributed by atoms with Crippen molar-refractivity contribution >= 4 is 41.6 Å². The second-order valence-electron chi connectivity index (χ2n) is 13.3. The van der Waals surface area contributed by atoms with Gasteiger partial charge in [-0.05, 0) is 38.4 Å². The van der Waals surface area contributed by atoms with Crippen molar-refractivity contribution in [3.63, 3.8) is 0 Å². The number of likely N-dealkylation sites (N-methyl/N-ethyl adjacent to an activating group) is 1. The molecule has 0 bridgehead atoms. The number of ether oxygens (including phenoxy) is 6. The summed E-state index contributed by atoms with van der Waals surface area (Å²) in [5.41, 5.74) is 7.34. The number of benzene rings is 2. The minimum absolute atomic E-state index is 0.208. The minimum atomic E-state index is -1.50. The van der Waals surface area contributed by atoms with Crippen LogP contribution >= 0.6 is 0 Å². The van der Waals surface area contributed by atoms with Crippen LogP contribution in [-0.2, 0) is 62.0 Å². The molecule has 0 aliphatic carbocycles. The number of amides is 3. The first-order valence-corrected chi connectivity index (χ1v) is 18.1. The van der Waals surface area contributed by atoms with Gasteiger partial charge in [-0.3, -0.25) is 33.6 Å². The van der Waals surface area contributed by atoms with Crippen LogP contribution in [0.4, 0.5) is 0 Å². The third-order valence-electron chi connectivity index (χ3n) is 8.76. The number of esters is 4. The highest BCUT2D eigenvalue weighted by Crippen LogP contribution is 2.30. The standard InChI is InChI=1S/C39H52N4O13/c1-22(52-36-33(42-24(3)44)39(54-27(6)47)55-31(21-51-25(4)45)35(36)53-26(5)46)20-43(38(50)23(2)41-7)30(37(40)49)18-19-32(48)56-34(28-14-10-8-11-15-28)29-16-12-9-13-17-29/h8-17,22-23,30-31,33-36,39,41H,18-21H2,1-7H3,(H2,40,49)(H,42,44)/t22?,23-,30+,31+,33+,35+,36+,39-/m0/s1. The van der Waals surface area contributed by atoms with E-state index in [1.807, 2.05) is 60.7 Å². The Hall–Kier alpha value is -5.39. The molecule has 2 aromatic rings. The zero-order valence-electron chi connectivity index (χ0n) is 32.6. The predicted octanol–water partition coefficient (Wildman–Crippen LogP) is 1.45. The fourth-order valence-electron chi connectivity index (χ4n) is 6.20. The summed E-state index contributed by atoms with van der Waals surface area (Å²) in [7, 11) is 1.55. The van der Waals surface area contributed by atoms with E-state index in [-0.39, 0.29) is 19.4 Å². The van der Waals surface area contributed by atoms with E-state index >= 15 is 0 Å². The summed E-state index contributed by atoms with van der Waals surface area (Å²) in [6.07, 6.45) is -7.67. The van der Waals surface area contributed by atoms with E-state index in [1.165, 1.54) is 11.8 Å². The molecule has 2 aromatic carbocycles. The van der Waals surface area contributed by atoms with Crippen LogP contribution in [0.2, 0.25) is 0 Å². The maximum atomic E-state index is 13.9. The number of carbonyl (C=O) groups is 7. The molecule has 306 valence electrons. The summed E-state index contributed by atoms with van der Waals surface area (Å²) < 4.78 is 34.3. The topological polar surface area (TPSA) is 228 Å². The molecular weight excluding hydrogens is 732 g/mol. The van der Waals surface area contributed by atoms with Gasteiger partial charge < -0.3 is 49.7 Å². The van der Waals surface area contributed by atoms with E-state index in [1.54, 1.807) is 20.9 Å². The first-order valence-electron chi connectivity index (χ1n) is 18.1. The molecule has 0 aromatic heterocycles. The Bertz CT molecular complexity index is 1620. The van der Waals surface area contributed by atoms with Gasteiger partial charge in [0.05, 0.1) is 12.1 Å². The van der Waals surface area contributed by atoms with Crippen LogP contribution < -0.4 is 16.4 Å². The number of hydrogen-bond donors (Lipinski definition) is 3. The Morgan fingerprint density at radius 3 is 1.88 bits per heavy atom. The lowest BCUT2D eigenvalue weighted by Gasteiger charge is -2.46. The smallest absolute Gasteiger partial charge is 0.306 e. The van der Waals surface area contributed by atoms with Crippen molar-refractivity contribution in [3.05, 3.63) is 71.8 Å². The molecule has 3 rings (SSSR count). The summed E-state index contributed by atoms with van der Waals surface area (Å²) >= 11 is 0. The highest BCUT2D eigenvalue weighted by atomic mass is 16.7. The van der Waals surface area contributed by atoms with Crippen LogP contribution in [0, 0.1) is 0 Å². The van der Waals surface area contributed by atoms with Crippen molar-refractivity contribution < 1.29 is 62.0 Å². The van der Waals surface area contributed by atoms with Crippen LogP contribution in [0.3, 0.4) is 0 Å². The van der Waals surface area contributed by atoms with Gasteiger partial charge >= 0.3 is 23.9 Å². The maximum absolute atomic E-state index is 13.9. The molecule has 1 heterocycles. The maximum Gasteiger partial charge on any atom is 0.306 e. The Labute approximate surface area is 325 Å². The zero-order chi connectivity index (χ0) is 41.5. The molecule has 4 N–H and O–H groups in total. The average Bonchev–Trinajstić information content (AvgIpc) is 3.14. The van der Waals surface area contributed by atoms with E-state index in [0.29, 0.717) is 0 Å². The van der Waals surface area contributed by atoms with Crippen LogP contribution in [0.1, 0.15) is 71.6 Å². The first-order chi connectivity index (χ1) is 26.5. The summed E-state index contributed by atoms with van der Waals surface area (Å²) in [5, 5.41) is 5.46. The van der Waals surface area contributed by atoms with Gasteiger partial charge in [0.25, 0.3) is 0 Å². The van der Waals surface area contributed by atoms with Crippen molar-refractivity contribution in [3.8, 4) is 0 Å². The lowest BCUT2D eigenvalue weighted by molar-refractivity contribution is -0.279. The molecule has 1 fully saturated rings. The minimum Gasteiger partial charge on any atom is -0.463 e. The van der Waals surface area contributed by atoms with E-state index in [2.05, 4.69) is 10.6 Å². The van der Waals surface area contributed by atoms with Gasteiger partial charge in [-0.1, -0.05) is 60.7 Å². The lowest BCUT2D eigenvalue weighted by Crippen LogP contribution is -2.67. The molecular formula is C39H52N4O13. The molecule has 1 aliphatic heterocycles. The number of nitrogens with two attached hydrogens (primary N) is 1. The Kier molecular flexibility index (Phi) is 17.4. The Balaban J connectivity index is 1.94. The summed E-state index contributed by atoms with van der Waals surface area (Å²) in [6, 6.07) is 14.8. The fourth-order valence-corrected chi connectivity index (χ4v) is 6.20. The average molecular weight is 785 g/mol. The van der Waals surface area contributed by atoms with E-state index in [9.17, 15) is 33.6 Å². The third kappa shape index (κ3) is 13.4. The molecule has 0 spiro atoms. The van der Waals surface area contributed by atoms with Gasteiger partial charge in [-0.2, -0.15) is 0 Å². The number of rotatable bonds is 19. The molecule has 56 heavy (non-hydrogen) atoms. The van der Waals surface area contributed by atoms with Gasteiger partial charge in [-0.25, -0.2) is 0 Å². The van der Waals surface area contributed by atoms with Crippen LogP contribution in [0.15, 0.2) is 60.7 Å². The number of nitrogens with zero attached hydrogens (tertiary/aromatic N) is 1. The van der Waals surface area contributed by atoms with E-state index in [4.69, 9.17) is 34.2 Å². The second-order valence-corrected chi connectivity index (χ2v) is 13.3. The Morgan fingerprint density at radius 2 is 1.39 bits per heavy atom. The van der Waals surface area contributed by atoms with Crippen molar-refractivity contribution in [2.45, 2.75) is 109 Å². The molecule has 0 radical (unpaired) electrons. The number of hydrogen-bond acceptors (Lipinski definition) is 14. The highest BCUT2D eigenvalue weighted by Gasteiger charge is 2.51. The quantitative estimate of drug-likeness (QED) is 0.135. The van der Waals surface area contributed by atoms with Crippen LogP contribution in [0.5, 0.6) is 0 Å². The molecule has 3 amide bonds. The summed E-state index contributed by atoms with van der Waals surface area (Å²) in [6.45, 7) is 6.96. The van der Waals surface area contributed by atoms with Crippen molar-refractivity contribution in [2.75, 3.05) is 20.2 Å². The van der Waals surface area contributed by atoms with Crippen LogP contribution in [0.25, 0.3) is 0 Å². The predicted molar refractivity (Wildman–Crippen MR) is 198 cm³/mol. The normalized spacial score (nSPS) is 20.8. The number of nitrogens with one attached hydrogen (secondary N) is 2. The zero-order valence-corrected chi connectivity index (χ0v) is 32.6. The summed E-state index contributed by atoms with van der Waals surface area (Å²) in [5.74, 6) is -4.93. The second kappa shape index (κ2) is 21.6. The number of primary amides is 1. The highest BCUT2D eigenvalue weighted by molar-refractivity contribution is 5.89. The third-order valence-corrected chi connectivity index (χ3v) is 8.76. The van der Waals surface area contributed by atoms with Crippen molar-refractivity contribution in [2.24, 2.45) is 5.73 Å². The largest absolute Gasteiger partial charge is 0.463 e. The van der Waals surface area contributed by atoms with Gasteiger partial charge in [0.15, 0.2) is 12.2 Å². The monoisotopic (exact) mass is 784 g/mol. The van der Waals surface area contributed by atoms with Gasteiger partial charge in [-0.15, -0.1) is 0 Å². The molecule has 1 unspecified atom stereocenters. The molecule has 0 saturated carbocycles. The van der Waals surface area contributed by atoms with Crippen LogP contribution in [-0.4, -0.2) is 116 Å². The molecule has 1 aliphatic rings. The van der Waals surface area contributed by atoms with Gasteiger partial charge in [0.1, 0.15) is 30.9 Å².